The maximum absolute atomic E-state index is 11.9. The van der Waals surface area contributed by atoms with Crippen LogP contribution in [0.3, 0.4) is 0 Å². The lowest BCUT2D eigenvalue weighted by Crippen LogP contribution is -2.18. The Morgan fingerprint density at radius 3 is 3.00 bits per heavy atom. The van der Waals surface area contributed by atoms with Gasteiger partial charge in [0.05, 0.1) is 0 Å². The Kier molecular flexibility index (Phi) is 1.72. The molecule has 1 aromatic rings. The lowest BCUT2D eigenvalue weighted by Gasteiger charge is -2.23. The molecule has 1 heterocycles. The summed E-state index contributed by atoms with van der Waals surface area (Å²) < 4.78 is 0. The van der Waals surface area contributed by atoms with Crippen molar-refractivity contribution in [2.45, 2.75) is 12.3 Å². The van der Waals surface area contributed by atoms with Crippen LogP contribution in [0.4, 0.5) is 0 Å². The molecule has 0 saturated carbocycles. The number of hydrogen-bond acceptors (Lipinski definition) is 2. The maximum atomic E-state index is 11.9. The zero-order valence-corrected chi connectivity index (χ0v) is 8.73. The third kappa shape index (κ3) is 1.14. The summed E-state index contributed by atoms with van der Waals surface area (Å²) in [6, 6.07) is 7.98. The predicted molar refractivity (Wildman–Crippen MR) is 58.8 cm³/mol. The zero-order valence-electron chi connectivity index (χ0n) is 8.73. The highest BCUT2D eigenvalue weighted by atomic mass is 16.1. The van der Waals surface area contributed by atoms with Crippen molar-refractivity contribution in [2.24, 2.45) is 0 Å². The molecule has 1 aliphatic heterocycles. The largest absolute Gasteiger partial charge is 0.377 e. The van der Waals surface area contributed by atoms with Gasteiger partial charge in [-0.1, -0.05) is 24.3 Å². The Hall–Kier alpha value is -1.57. The van der Waals surface area contributed by atoms with E-state index in [1.807, 2.05) is 18.2 Å². The van der Waals surface area contributed by atoms with E-state index < -0.39 is 0 Å². The van der Waals surface area contributed by atoms with Gasteiger partial charge in [-0.05, 0) is 12.0 Å². The van der Waals surface area contributed by atoms with Crippen LogP contribution >= 0.6 is 0 Å². The van der Waals surface area contributed by atoms with E-state index in [0.29, 0.717) is 5.92 Å². The number of allylic oxidation sites excluding steroid dienone is 2. The van der Waals surface area contributed by atoms with Crippen molar-refractivity contribution in [1.82, 2.24) is 4.90 Å². The van der Waals surface area contributed by atoms with E-state index in [1.165, 1.54) is 11.3 Å². The number of rotatable bonds is 0. The number of nitrogens with zero attached hydrogens (tertiary/aromatic N) is 1. The number of benzene rings is 1. The summed E-state index contributed by atoms with van der Waals surface area (Å²) in [5.41, 5.74) is 3.30. The first-order valence-corrected chi connectivity index (χ1v) is 5.33. The zero-order chi connectivity index (χ0) is 10.4. The molecular weight excluding hydrogens is 186 g/mol. The fraction of sp³-hybridized carbons (Fsp3) is 0.308. The second kappa shape index (κ2) is 2.96. The van der Waals surface area contributed by atoms with E-state index in [1.54, 1.807) is 6.08 Å². The van der Waals surface area contributed by atoms with Crippen molar-refractivity contribution in [3.63, 3.8) is 0 Å². The van der Waals surface area contributed by atoms with E-state index in [-0.39, 0.29) is 5.78 Å². The van der Waals surface area contributed by atoms with Gasteiger partial charge in [0.1, 0.15) is 0 Å². The molecule has 2 heteroatoms. The highest BCUT2D eigenvalue weighted by Gasteiger charge is 2.33. The molecule has 76 valence electrons. The first kappa shape index (κ1) is 8.72. The molecular formula is C13H13NO. The van der Waals surface area contributed by atoms with Crippen LogP contribution in [0.2, 0.25) is 0 Å². The molecule has 1 saturated heterocycles. The van der Waals surface area contributed by atoms with Crippen LogP contribution in [0.25, 0.3) is 0 Å². The molecule has 2 nitrogen and oxygen atoms in total. The van der Waals surface area contributed by atoms with Gasteiger partial charge < -0.3 is 4.90 Å². The van der Waals surface area contributed by atoms with Crippen LogP contribution in [0, 0.1) is 0 Å². The van der Waals surface area contributed by atoms with Gasteiger partial charge in [0.15, 0.2) is 5.78 Å². The van der Waals surface area contributed by atoms with Gasteiger partial charge >= 0.3 is 0 Å². The number of likely N-dealkylation sites (N-methyl/N-ethyl adjacent to an activating group) is 1. The standard InChI is InChI=1S/C13H13NO/c1-14-7-6-10-9-4-2-3-5-11(9)13(15)8-12(10)14/h2-5,8,10H,6-7H2,1H3. The van der Waals surface area contributed by atoms with E-state index in [0.717, 1.165) is 18.5 Å². The normalized spacial score (nSPS) is 23.5. The SMILES string of the molecule is CN1CCC2C1=CC(=O)c1ccccc12. The molecule has 0 bridgehead atoms. The van der Waals surface area contributed by atoms with Crippen LogP contribution in [0.5, 0.6) is 0 Å². The summed E-state index contributed by atoms with van der Waals surface area (Å²) in [5.74, 6) is 0.606. The van der Waals surface area contributed by atoms with Gasteiger partial charge in [0.2, 0.25) is 0 Å². The molecule has 1 aromatic carbocycles. The van der Waals surface area contributed by atoms with Crippen molar-refractivity contribution < 1.29 is 4.79 Å². The Bertz CT molecular complexity index is 461. The van der Waals surface area contributed by atoms with Crippen molar-refractivity contribution in [3.05, 3.63) is 47.2 Å². The molecule has 0 spiro atoms. The minimum Gasteiger partial charge on any atom is -0.377 e. The molecule has 0 amide bonds. The highest BCUT2D eigenvalue weighted by Crippen LogP contribution is 2.40. The van der Waals surface area contributed by atoms with Crippen LogP contribution in [0.15, 0.2) is 36.0 Å². The van der Waals surface area contributed by atoms with Crippen LogP contribution in [-0.4, -0.2) is 24.3 Å². The molecule has 1 atom stereocenters. The molecule has 3 rings (SSSR count). The second-order valence-corrected chi connectivity index (χ2v) is 4.28. The van der Waals surface area contributed by atoms with E-state index in [2.05, 4.69) is 18.0 Å². The molecule has 1 fully saturated rings. The van der Waals surface area contributed by atoms with E-state index in [9.17, 15) is 4.79 Å². The molecule has 0 aromatic heterocycles. The lowest BCUT2D eigenvalue weighted by molar-refractivity contribution is 0.104. The summed E-state index contributed by atoms with van der Waals surface area (Å²) in [4.78, 5) is 14.1. The van der Waals surface area contributed by atoms with Crippen LogP contribution < -0.4 is 0 Å². The third-order valence-electron chi connectivity index (χ3n) is 3.43. The smallest absolute Gasteiger partial charge is 0.187 e. The quantitative estimate of drug-likeness (QED) is 0.638. The third-order valence-corrected chi connectivity index (χ3v) is 3.43. The fourth-order valence-electron chi connectivity index (χ4n) is 2.63. The predicted octanol–water partition coefficient (Wildman–Crippen LogP) is 2.19. The Labute approximate surface area is 89.2 Å². The monoisotopic (exact) mass is 199 g/mol. The van der Waals surface area contributed by atoms with E-state index in [4.69, 9.17) is 0 Å². The molecule has 15 heavy (non-hydrogen) atoms. The van der Waals surface area contributed by atoms with E-state index >= 15 is 0 Å². The summed E-state index contributed by atoms with van der Waals surface area (Å²) in [6.45, 7) is 1.05. The lowest BCUT2D eigenvalue weighted by atomic mass is 9.85. The molecule has 0 N–H and O–H groups in total. The van der Waals surface area contributed by atoms with Crippen molar-refractivity contribution >= 4 is 5.78 Å². The maximum Gasteiger partial charge on any atom is 0.187 e. The van der Waals surface area contributed by atoms with Crippen molar-refractivity contribution in [2.75, 3.05) is 13.6 Å². The van der Waals surface area contributed by atoms with Crippen LogP contribution in [0.1, 0.15) is 28.3 Å². The van der Waals surface area contributed by atoms with Gasteiger partial charge in [-0.3, -0.25) is 4.79 Å². The number of ketones is 1. The Balaban J connectivity index is 2.18. The Morgan fingerprint density at radius 1 is 1.33 bits per heavy atom. The van der Waals surface area contributed by atoms with Gasteiger partial charge in [-0.15, -0.1) is 0 Å². The molecule has 1 aliphatic carbocycles. The van der Waals surface area contributed by atoms with Gasteiger partial charge in [-0.2, -0.15) is 0 Å². The van der Waals surface area contributed by atoms with Gasteiger partial charge in [0, 0.05) is 36.8 Å². The van der Waals surface area contributed by atoms with Gasteiger partial charge in [0.25, 0.3) is 0 Å². The first-order chi connectivity index (χ1) is 7.27. The minimum atomic E-state index is 0.158. The van der Waals surface area contributed by atoms with Crippen LogP contribution in [-0.2, 0) is 0 Å². The molecule has 1 unspecified atom stereocenters. The second-order valence-electron chi connectivity index (χ2n) is 4.28. The fourth-order valence-corrected chi connectivity index (χ4v) is 2.63. The topological polar surface area (TPSA) is 20.3 Å². The summed E-state index contributed by atoms with van der Waals surface area (Å²) in [5, 5.41) is 0. The van der Waals surface area contributed by atoms with Crippen molar-refractivity contribution in [3.8, 4) is 0 Å². The Morgan fingerprint density at radius 2 is 2.13 bits per heavy atom. The summed E-state index contributed by atoms with van der Waals surface area (Å²) >= 11 is 0. The molecule has 2 aliphatic rings. The number of carbonyl (C=O) groups is 1. The first-order valence-electron chi connectivity index (χ1n) is 5.33. The number of likely N-dealkylation sites (tertiary alicyclic amines) is 1. The number of carbonyl (C=O) groups excluding carboxylic acids is 1. The molecule has 0 radical (unpaired) electrons. The van der Waals surface area contributed by atoms with Gasteiger partial charge in [-0.25, -0.2) is 0 Å². The number of hydrogen-bond donors (Lipinski definition) is 0. The summed E-state index contributed by atoms with van der Waals surface area (Å²) in [6.07, 6.45) is 2.94. The minimum absolute atomic E-state index is 0.158. The number of fused-ring (bicyclic) bond motifs is 3. The average molecular weight is 199 g/mol. The summed E-state index contributed by atoms with van der Waals surface area (Å²) in [7, 11) is 2.06. The van der Waals surface area contributed by atoms with Crippen molar-refractivity contribution in [1.29, 1.82) is 0 Å². The average Bonchev–Trinajstić information content (AvgIpc) is 2.62. The highest BCUT2D eigenvalue weighted by molar-refractivity contribution is 6.07.